The van der Waals surface area contributed by atoms with Crippen LogP contribution in [0.3, 0.4) is 0 Å². The first kappa shape index (κ1) is 16.3. The number of benzene rings is 1. The van der Waals surface area contributed by atoms with Crippen LogP contribution in [-0.4, -0.2) is 70.1 Å². The molecule has 2 fully saturated rings. The van der Waals surface area contributed by atoms with Crippen molar-refractivity contribution in [3.63, 3.8) is 0 Å². The van der Waals surface area contributed by atoms with Crippen LogP contribution in [0.5, 0.6) is 0 Å². The topological polar surface area (TPSA) is 61.3 Å². The molecule has 2 aliphatic rings. The molecule has 2 aliphatic heterocycles. The van der Waals surface area contributed by atoms with Crippen molar-refractivity contribution in [3.05, 3.63) is 48.8 Å². The Morgan fingerprint density at radius 3 is 2.44 bits per heavy atom. The van der Waals surface area contributed by atoms with Crippen molar-refractivity contribution in [1.82, 2.24) is 24.8 Å². The van der Waals surface area contributed by atoms with Crippen LogP contribution >= 0.6 is 0 Å². The maximum absolute atomic E-state index is 13.4. The Morgan fingerprint density at radius 1 is 0.889 bits per heavy atom. The lowest BCUT2D eigenvalue weighted by molar-refractivity contribution is 0.156. The van der Waals surface area contributed by atoms with Crippen molar-refractivity contribution in [2.75, 3.05) is 49.1 Å². The fourth-order valence-electron chi connectivity index (χ4n) is 3.87. The molecule has 0 atom stereocenters. The molecule has 0 bridgehead atoms. The molecule has 7 nitrogen and oxygen atoms in total. The number of piperazine rings is 1. The number of rotatable bonds is 3. The van der Waals surface area contributed by atoms with Crippen LogP contribution in [0.25, 0.3) is 10.9 Å². The van der Waals surface area contributed by atoms with Gasteiger partial charge in [0.05, 0.1) is 5.52 Å². The van der Waals surface area contributed by atoms with Gasteiger partial charge in [-0.2, -0.15) is 0 Å². The van der Waals surface area contributed by atoms with Crippen molar-refractivity contribution >= 4 is 22.7 Å². The van der Waals surface area contributed by atoms with E-state index in [-0.39, 0.29) is 5.82 Å². The van der Waals surface area contributed by atoms with Gasteiger partial charge in [-0.05, 0) is 18.2 Å². The van der Waals surface area contributed by atoms with Crippen LogP contribution in [0, 0.1) is 5.82 Å². The normalized spacial score (nSPS) is 18.7. The summed E-state index contributed by atoms with van der Waals surface area (Å²) in [5.41, 5.74) is 0.653. The highest BCUT2D eigenvalue weighted by Crippen LogP contribution is 2.29. The highest BCUT2D eigenvalue weighted by atomic mass is 19.1. The smallest absolute Gasteiger partial charge is 0.225 e. The second kappa shape index (κ2) is 6.70. The van der Waals surface area contributed by atoms with E-state index in [1.807, 2.05) is 6.07 Å². The fraction of sp³-hybridized carbons (Fsp3) is 0.368. The summed E-state index contributed by atoms with van der Waals surface area (Å²) >= 11 is 0. The summed E-state index contributed by atoms with van der Waals surface area (Å²) in [6, 6.07) is 7.06. The molecular formula is C19H20FN7. The van der Waals surface area contributed by atoms with Gasteiger partial charge in [-0.1, -0.05) is 0 Å². The molecule has 1 aromatic carbocycles. The molecule has 0 saturated carbocycles. The molecule has 8 heteroatoms. The molecule has 2 saturated heterocycles. The Kier molecular flexibility index (Phi) is 4.05. The largest absolute Gasteiger partial charge is 0.353 e. The standard InChI is InChI=1S/C19H20FN7/c20-14-2-3-16-17(10-14)23-13-24-18(16)27-11-15(12-27)25-6-8-26(9-7-25)19-21-4-1-5-22-19/h1-5,10,13,15H,6-9,11-12H2. The Morgan fingerprint density at radius 2 is 1.67 bits per heavy atom. The van der Waals surface area contributed by atoms with Crippen LogP contribution in [0.15, 0.2) is 43.0 Å². The Labute approximate surface area is 156 Å². The van der Waals surface area contributed by atoms with Crippen molar-refractivity contribution < 1.29 is 4.39 Å². The van der Waals surface area contributed by atoms with E-state index < -0.39 is 0 Å². The third-order valence-corrected chi connectivity index (χ3v) is 5.40. The predicted molar refractivity (Wildman–Crippen MR) is 101 cm³/mol. The number of hydrogen-bond donors (Lipinski definition) is 0. The molecule has 0 aliphatic carbocycles. The summed E-state index contributed by atoms with van der Waals surface area (Å²) in [5.74, 6) is 1.44. The van der Waals surface area contributed by atoms with E-state index in [1.54, 1.807) is 18.5 Å². The van der Waals surface area contributed by atoms with E-state index in [4.69, 9.17) is 0 Å². The lowest BCUT2D eigenvalue weighted by Crippen LogP contribution is -2.63. The van der Waals surface area contributed by atoms with Gasteiger partial charge in [0.2, 0.25) is 5.95 Å². The van der Waals surface area contributed by atoms with Gasteiger partial charge in [0.15, 0.2) is 0 Å². The molecule has 0 amide bonds. The molecule has 0 radical (unpaired) electrons. The van der Waals surface area contributed by atoms with Gasteiger partial charge in [-0.3, -0.25) is 4.90 Å². The Bertz CT molecular complexity index is 937. The summed E-state index contributed by atoms with van der Waals surface area (Å²) < 4.78 is 13.4. The summed E-state index contributed by atoms with van der Waals surface area (Å²) in [5, 5.41) is 0.906. The molecule has 0 N–H and O–H groups in total. The molecular weight excluding hydrogens is 345 g/mol. The van der Waals surface area contributed by atoms with E-state index in [2.05, 4.69) is 34.6 Å². The van der Waals surface area contributed by atoms with Crippen molar-refractivity contribution in [3.8, 4) is 0 Å². The molecule has 0 unspecified atom stereocenters. The number of aromatic nitrogens is 4. The van der Waals surface area contributed by atoms with Gasteiger partial charge >= 0.3 is 0 Å². The van der Waals surface area contributed by atoms with Crippen molar-refractivity contribution in [2.45, 2.75) is 6.04 Å². The summed E-state index contributed by atoms with van der Waals surface area (Å²) in [4.78, 5) is 24.3. The van der Waals surface area contributed by atoms with Crippen molar-refractivity contribution in [2.24, 2.45) is 0 Å². The second-order valence-corrected chi connectivity index (χ2v) is 6.99. The van der Waals surface area contributed by atoms with E-state index in [9.17, 15) is 4.39 Å². The summed E-state index contributed by atoms with van der Waals surface area (Å²) in [6.07, 6.45) is 5.09. The van der Waals surface area contributed by atoms with Crippen LogP contribution in [0.2, 0.25) is 0 Å². The molecule has 27 heavy (non-hydrogen) atoms. The summed E-state index contributed by atoms with van der Waals surface area (Å²) in [7, 11) is 0. The zero-order valence-electron chi connectivity index (χ0n) is 14.9. The number of anilines is 2. The van der Waals surface area contributed by atoms with Crippen LogP contribution in [0.1, 0.15) is 0 Å². The second-order valence-electron chi connectivity index (χ2n) is 6.99. The maximum Gasteiger partial charge on any atom is 0.225 e. The molecule has 5 rings (SSSR count). The fourth-order valence-corrected chi connectivity index (χ4v) is 3.87. The molecule has 4 heterocycles. The van der Waals surface area contributed by atoms with Crippen LogP contribution in [0.4, 0.5) is 16.2 Å². The zero-order valence-corrected chi connectivity index (χ0v) is 14.9. The van der Waals surface area contributed by atoms with Crippen LogP contribution in [-0.2, 0) is 0 Å². The average Bonchev–Trinajstić information content (AvgIpc) is 2.68. The van der Waals surface area contributed by atoms with E-state index in [0.29, 0.717) is 11.6 Å². The minimum Gasteiger partial charge on any atom is -0.353 e. The minimum atomic E-state index is -0.270. The van der Waals surface area contributed by atoms with Gasteiger partial charge in [0, 0.05) is 69.2 Å². The average molecular weight is 365 g/mol. The number of nitrogens with zero attached hydrogens (tertiary/aromatic N) is 7. The Hall–Kier alpha value is -2.87. The zero-order chi connectivity index (χ0) is 18.2. The first-order valence-electron chi connectivity index (χ1n) is 9.19. The number of fused-ring (bicyclic) bond motifs is 1. The third kappa shape index (κ3) is 3.06. The molecule has 138 valence electrons. The number of hydrogen-bond acceptors (Lipinski definition) is 7. The predicted octanol–water partition coefficient (Wildman–Crippen LogP) is 1.57. The van der Waals surface area contributed by atoms with Crippen LogP contribution < -0.4 is 9.80 Å². The summed E-state index contributed by atoms with van der Waals surface area (Å²) in [6.45, 7) is 5.77. The van der Waals surface area contributed by atoms with E-state index in [0.717, 1.165) is 56.4 Å². The van der Waals surface area contributed by atoms with Gasteiger partial charge in [-0.25, -0.2) is 24.3 Å². The highest BCUT2D eigenvalue weighted by Gasteiger charge is 2.35. The number of halogens is 1. The minimum absolute atomic E-state index is 0.270. The van der Waals surface area contributed by atoms with Gasteiger partial charge in [-0.15, -0.1) is 0 Å². The maximum atomic E-state index is 13.4. The Balaban J connectivity index is 1.22. The third-order valence-electron chi connectivity index (χ3n) is 5.40. The molecule has 3 aromatic rings. The van der Waals surface area contributed by atoms with E-state index >= 15 is 0 Å². The SMILES string of the molecule is Fc1ccc2c(N3CC(N4CCN(c5ncccn5)CC4)C3)ncnc2c1. The molecule has 2 aromatic heterocycles. The lowest BCUT2D eigenvalue weighted by atomic mass is 10.0. The lowest BCUT2D eigenvalue weighted by Gasteiger charge is -2.48. The quantitative estimate of drug-likeness (QED) is 0.698. The van der Waals surface area contributed by atoms with E-state index in [1.165, 1.54) is 18.5 Å². The monoisotopic (exact) mass is 365 g/mol. The van der Waals surface area contributed by atoms with Gasteiger partial charge < -0.3 is 9.80 Å². The highest BCUT2D eigenvalue weighted by molar-refractivity contribution is 5.89. The van der Waals surface area contributed by atoms with Gasteiger partial charge in [0.25, 0.3) is 0 Å². The van der Waals surface area contributed by atoms with Gasteiger partial charge in [0.1, 0.15) is 18.0 Å². The molecule has 0 spiro atoms. The first-order chi connectivity index (χ1) is 13.3. The first-order valence-corrected chi connectivity index (χ1v) is 9.19. The van der Waals surface area contributed by atoms with Crippen molar-refractivity contribution in [1.29, 1.82) is 0 Å².